The summed E-state index contributed by atoms with van der Waals surface area (Å²) in [6.45, 7) is 8.90. The van der Waals surface area contributed by atoms with E-state index in [9.17, 15) is 0 Å². The predicted molar refractivity (Wildman–Crippen MR) is 115 cm³/mol. The Kier molecular flexibility index (Phi) is 4.08. The van der Waals surface area contributed by atoms with E-state index in [0.717, 1.165) is 16.7 Å². The van der Waals surface area contributed by atoms with Gasteiger partial charge in [-0.2, -0.15) is 0 Å². The van der Waals surface area contributed by atoms with Crippen LogP contribution in [0.15, 0.2) is 42.5 Å². The van der Waals surface area contributed by atoms with E-state index in [0.29, 0.717) is 0 Å². The van der Waals surface area contributed by atoms with Crippen molar-refractivity contribution in [3.8, 4) is 16.8 Å². The number of hydrogen-bond acceptors (Lipinski definition) is 3. The average Bonchev–Trinajstić information content (AvgIpc) is 2.98. The van der Waals surface area contributed by atoms with Crippen molar-refractivity contribution in [1.29, 1.82) is 0 Å². The molecular weight excluding hydrogens is 356 g/mol. The van der Waals surface area contributed by atoms with Crippen LogP contribution in [0.4, 0.5) is 5.69 Å². The molecular formula is C22H24N2S2. The van der Waals surface area contributed by atoms with Crippen LogP contribution in [0.25, 0.3) is 16.8 Å². The smallest absolute Gasteiger partial charge is 0.129 e. The van der Waals surface area contributed by atoms with E-state index in [1.54, 1.807) is 11.5 Å². The van der Waals surface area contributed by atoms with Crippen molar-refractivity contribution in [3.63, 3.8) is 0 Å². The Balaban J connectivity index is 1.98. The monoisotopic (exact) mass is 380 g/mol. The van der Waals surface area contributed by atoms with Gasteiger partial charge in [0.15, 0.2) is 0 Å². The fraction of sp³-hybridized carbons (Fsp3) is 0.318. The van der Waals surface area contributed by atoms with Crippen molar-refractivity contribution in [3.05, 3.63) is 63.1 Å². The summed E-state index contributed by atoms with van der Waals surface area (Å²) in [5, 5.41) is 0. The predicted octanol–water partition coefficient (Wildman–Crippen LogP) is 6.49. The molecule has 1 aliphatic heterocycles. The molecule has 26 heavy (non-hydrogen) atoms. The van der Waals surface area contributed by atoms with Crippen LogP contribution < -0.4 is 4.90 Å². The number of hydrogen-bond donors (Lipinski definition) is 0. The largest absolute Gasteiger partial charge is 0.364 e. The first kappa shape index (κ1) is 17.5. The van der Waals surface area contributed by atoms with E-state index < -0.39 is 0 Å². The molecule has 1 aromatic heterocycles. The molecule has 0 N–H and O–H groups in total. The molecule has 0 aliphatic carbocycles. The Morgan fingerprint density at radius 1 is 1.08 bits per heavy atom. The Hall–Kier alpha value is -1.91. The van der Waals surface area contributed by atoms with E-state index in [2.05, 4.69) is 86.1 Å². The lowest BCUT2D eigenvalue weighted by Gasteiger charge is -2.42. The molecule has 4 rings (SSSR count). The maximum absolute atomic E-state index is 5.96. The zero-order valence-electron chi connectivity index (χ0n) is 16.0. The van der Waals surface area contributed by atoms with Crippen LogP contribution in [0.3, 0.4) is 0 Å². The SMILES string of the molecule is CCc1ccc(-n2sc3c(c2=S)-c2ccc(C)cc2N(C)C3(C)C)cc1. The number of fused-ring (bicyclic) bond motifs is 3. The lowest BCUT2D eigenvalue weighted by Crippen LogP contribution is -2.40. The molecule has 2 heterocycles. The van der Waals surface area contributed by atoms with Crippen molar-refractivity contribution in [2.75, 3.05) is 11.9 Å². The highest BCUT2D eigenvalue weighted by Gasteiger charge is 2.38. The Labute approximate surface area is 164 Å². The van der Waals surface area contributed by atoms with Gasteiger partial charge in [-0.25, -0.2) is 0 Å². The molecule has 134 valence electrons. The molecule has 0 fully saturated rings. The van der Waals surface area contributed by atoms with Gasteiger partial charge >= 0.3 is 0 Å². The topological polar surface area (TPSA) is 8.17 Å². The minimum Gasteiger partial charge on any atom is -0.364 e. The highest BCUT2D eigenvalue weighted by molar-refractivity contribution is 7.71. The lowest BCUT2D eigenvalue weighted by atomic mass is 9.87. The van der Waals surface area contributed by atoms with Crippen molar-refractivity contribution in [1.82, 2.24) is 3.96 Å². The minimum absolute atomic E-state index is 0.0943. The molecule has 0 amide bonds. The van der Waals surface area contributed by atoms with Crippen LogP contribution in [0, 0.1) is 11.6 Å². The van der Waals surface area contributed by atoms with Gasteiger partial charge in [0.25, 0.3) is 0 Å². The summed E-state index contributed by atoms with van der Waals surface area (Å²) < 4.78 is 3.13. The summed E-state index contributed by atoms with van der Waals surface area (Å²) in [5.74, 6) is 0. The van der Waals surface area contributed by atoms with E-state index in [1.165, 1.54) is 32.8 Å². The Morgan fingerprint density at radius 3 is 2.42 bits per heavy atom. The van der Waals surface area contributed by atoms with Gasteiger partial charge in [0, 0.05) is 23.9 Å². The molecule has 0 unspecified atom stereocenters. The van der Waals surface area contributed by atoms with Crippen molar-refractivity contribution >= 4 is 29.4 Å². The molecule has 0 saturated carbocycles. The number of rotatable bonds is 2. The summed E-state index contributed by atoms with van der Waals surface area (Å²) in [6.07, 6.45) is 1.05. The van der Waals surface area contributed by atoms with Gasteiger partial charge in [-0.05, 0) is 56.5 Å². The first-order valence-corrected chi connectivity index (χ1v) is 10.2. The maximum Gasteiger partial charge on any atom is 0.129 e. The standard InChI is InChI=1S/C22H24N2S2/c1-6-15-8-10-16(11-9-15)24-21(25)19-17-12-7-14(2)13-18(17)23(5)22(3,4)20(19)26-24/h7-13H,6H2,1-5H3. The maximum atomic E-state index is 5.96. The van der Waals surface area contributed by atoms with Gasteiger partial charge in [0.05, 0.1) is 16.1 Å². The first-order chi connectivity index (χ1) is 12.3. The van der Waals surface area contributed by atoms with Crippen LogP contribution in [0.1, 0.15) is 36.8 Å². The summed E-state index contributed by atoms with van der Waals surface area (Å²) in [6, 6.07) is 15.4. The Bertz CT molecular complexity index is 1040. The second-order valence-corrected chi connectivity index (χ2v) is 8.90. The van der Waals surface area contributed by atoms with Gasteiger partial charge < -0.3 is 4.90 Å². The third-order valence-corrected chi connectivity index (χ3v) is 7.53. The van der Waals surface area contributed by atoms with E-state index in [4.69, 9.17) is 12.2 Å². The molecule has 1 aliphatic rings. The number of anilines is 1. The molecule has 4 heteroatoms. The summed E-state index contributed by atoms with van der Waals surface area (Å²) in [7, 11) is 2.18. The van der Waals surface area contributed by atoms with Crippen LogP contribution >= 0.6 is 23.8 Å². The number of benzene rings is 2. The van der Waals surface area contributed by atoms with Crippen LogP contribution in [0.2, 0.25) is 0 Å². The molecule has 0 saturated heterocycles. The quantitative estimate of drug-likeness (QED) is 0.469. The van der Waals surface area contributed by atoms with Gasteiger partial charge in [0.2, 0.25) is 0 Å². The molecule has 0 spiro atoms. The molecule has 2 aromatic carbocycles. The van der Waals surface area contributed by atoms with Gasteiger partial charge in [-0.3, -0.25) is 3.96 Å². The fourth-order valence-electron chi connectivity index (χ4n) is 3.65. The number of aryl methyl sites for hydroxylation is 2. The summed E-state index contributed by atoms with van der Waals surface area (Å²) >= 11 is 7.74. The Morgan fingerprint density at radius 2 is 1.77 bits per heavy atom. The van der Waals surface area contributed by atoms with Crippen LogP contribution in [0.5, 0.6) is 0 Å². The fourth-order valence-corrected chi connectivity index (χ4v) is 5.39. The molecule has 0 bridgehead atoms. The van der Waals surface area contributed by atoms with Crippen molar-refractivity contribution in [2.24, 2.45) is 0 Å². The minimum atomic E-state index is -0.0943. The van der Waals surface area contributed by atoms with Crippen LogP contribution in [-0.4, -0.2) is 11.0 Å². The highest BCUT2D eigenvalue weighted by atomic mass is 32.1. The number of nitrogens with zero attached hydrogens (tertiary/aromatic N) is 2. The normalized spacial score (nSPS) is 14.9. The highest BCUT2D eigenvalue weighted by Crippen LogP contribution is 2.50. The van der Waals surface area contributed by atoms with Gasteiger partial charge in [0.1, 0.15) is 4.64 Å². The van der Waals surface area contributed by atoms with E-state index in [-0.39, 0.29) is 5.54 Å². The molecule has 0 atom stereocenters. The van der Waals surface area contributed by atoms with E-state index in [1.807, 2.05) is 0 Å². The van der Waals surface area contributed by atoms with Gasteiger partial charge in [-0.15, -0.1) is 0 Å². The second-order valence-electron chi connectivity index (χ2n) is 7.55. The van der Waals surface area contributed by atoms with Crippen LogP contribution in [-0.2, 0) is 12.0 Å². The number of aromatic nitrogens is 1. The molecule has 0 radical (unpaired) electrons. The third kappa shape index (κ3) is 2.47. The van der Waals surface area contributed by atoms with E-state index >= 15 is 0 Å². The zero-order valence-corrected chi connectivity index (χ0v) is 17.6. The molecule has 3 aromatic rings. The molecule has 2 nitrogen and oxygen atoms in total. The average molecular weight is 381 g/mol. The van der Waals surface area contributed by atoms with Crippen molar-refractivity contribution in [2.45, 2.75) is 39.7 Å². The third-order valence-electron chi connectivity index (χ3n) is 5.57. The van der Waals surface area contributed by atoms with Crippen molar-refractivity contribution < 1.29 is 0 Å². The summed E-state index contributed by atoms with van der Waals surface area (Å²) in [4.78, 5) is 3.72. The van der Waals surface area contributed by atoms with Gasteiger partial charge in [-0.1, -0.05) is 54.9 Å². The zero-order chi connectivity index (χ0) is 18.6. The first-order valence-electron chi connectivity index (χ1n) is 9.05. The summed E-state index contributed by atoms with van der Waals surface area (Å²) in [5.41, 5.74) is 7.42. The lowest BCUT2D eigenvalue weighted by molar-refractivity contribution is 0.521. The second kappa shape index (κ2) is 6.07.